The number of allylic oxidation sites excluding steroid dienone is 3. The van der Waals surface area contributed by atoms with E-state index in [0.29, 0.717) is 35.7 Å². The van der Waals surface area contributed by atoms with E-state index in [0.717, 1.165) is 31.3 Å². The molecule has 0 amide bonds. The quantitative estimate of drug-likeness (QED) is 0.610. The largest absolute Gasteiger partial charge is 0.295 e. The van der Waals surface area contributed by atoms with E-state index in [2.05, 4.69) is 19.9 Å². The van der Waals surface area contributed by atoms with Gasteiger partial charge in [0, 0.05) is 12.8 Å². The van der Waals surface area contributed by atoms with E-state index in [1.165, 1.54) is 18.4 Å². The Bertz CT molecular complexity index is 640. The second kappa shape index (κ2) is 4.91. The molecule has 0 aromatic carbocycles. The molecule has 3 saturated carbocycles. The van der Waals surface area contributed by atoms with Crippen LogP contribution in [-0.4, -0.2) is 11.6 Å². The minimum Gasteiger partial charge on any atom is -0.295 e. The summed E-state index contributed by atoms with van der Waals surface area (Å²) in [6, 6.07) is 0. The van der Waals surface area contributed by atoms with Gasteiger partial charge in [-0.1, -0.05) is 25.5 Å². The van der Waals surface area contributed by atoms with Crippen LogP contribution in [0.15, 0.2) is 23.3 Å². The van der Waals surface area contributed by atoms with Crippen LogP contribution >= 0.6 is 0 Å². The fourth-order valence-electron chi connectivity index (χ4n) is 6.71. The molecule has 23 heavy (non-hydrogen) atoms. The van der Waals surface area contributed by atoms with Crippen molar-refractivity contribution in [1.29, 1.82) is 0 Å². The molecule has 3 fully saturated rings. The zero-order valence-electron chi connectivity index (χ0n) is 14.7. The molecule has 0 radical (unpaired) electrons. The van der Waals surface area contributed by atoms with E-state index in [4.69, 9.17) is 0 Å². The molecule has 4 aliphatic carbocycles. The van der Waals surface area contributed by atoms with Gasteiger partial charge in [-0.25, -0.2) is 0 Å². The maximum atomic E-state index is 12.5. The summed E-state index contributed by atoms with van der Waals surface area (Å²) in [6.07, 6.45) is 11.1. The first-order valence-corrected chi connectivity index (χ1v) is 9.34. The van der Waals surface area contributed by atoms with Gasteiger partial charge in [0.25, 0.3) is 0 Å². The van der Waals surface area contributed by atoms with Crippen LogP contribution in [0.3, 0.4) is 0 Å². The Morgan fingerprint density at radius 1 is 1.04 bits per heavy atom. The Morgan fingerprint density at radius 2 is 1.83 bits per heavy atom. The highest BCUT2D eigenvalue weighted by molar-refractivity contribution is 5.99. The Hall–Kier alpha value is -1.18. The normalized spacial score (nSPS) is 47.9. The lowest BCUT2D eigenvalue weighted by atomic mass is 9.47. The molecule has 0 N–H and O–H groups in total. The van der Waals surface area contributed by atoms with Crippen molar-refractivity contribution in [3.63, 3.8) is 0 Å². The number of rotatable bonds is 0. The lowest BCUT2D eigenvalue weighted by Crippen LogP contribution is -2.49. The van der Waals surface area contributed by atoms with E-state index in [1.54, 1.807) is 0 Å². The molecule has 4 rings (SSSR count). The van der Waals surface area contributed by atoms with Crippen molar-refractivity contribution in [2.45, 2.75) is 65.7 Å². The average Bonchev–Trinajstić information content (AvgIpc) is 2.77. The van der Waals surface area contributed by atoms with Gasteiger partial charge in [0.05, 0.1) is 0 Å². The van der Waals surface area contributed by atoms with Crippen LogP contribution in [0.5, 0.6) is 0 Å². The van der Waals surface area contributed by atoms with Gasteiger partial charge in [-0.2, -0.15) is 0 Å². The average molecular weight is 312 g/mol. The van der Waals surface area contributed by atoms with Gasteiger partial charge in [-0.05, 0) is 79.3 Å². The third-order valence-electron chi connectivity index (χ3n) is 7.96. The standard InChI is InChI=1S/C21H28O2/c1-4-16-19(23)12-18-15-6-5-13-11-14(22)7-9-20(13,2)17(15)8-10-21(16,18)3/h4,11,15,17-18H,5-10,12H2,1-3H3/b16-4+/t15-,17+,18+,20+,21-/m0/s1. The van der Waals surface area contributed by atoms with Crippen LogP contribution in [0.25, 0.3) is 0 Å². The summed E-state index contributed by atoms with van der Waals surface area (Å²) in [5.41, 5.74) is 2.83. The number of hydrogen-bond acceptors (Lipinski definition) is 2. The molecular formula is C21H28O2. The van der Waals surface area contributed by atoms with Crippen molar-refractivity contribution in [1.82, 2.24) is 0 Å². The van der Waals surface area contributed by atoms with E-state index in [9.17, 15) is 9.59 Å². The van der Waals surface area contributed by atoms with E-state index in [-0.39, 0.29) is 10.8 Å². The molecule has 0 aliphatic heterocycles. The molecule has 0 aromatic heterocycles. The van der Waals surface area contributed by atoms with Crippen molar-refractivity contribution in [2.24, 2.45) is 28.6 Å². The fraction of sp³-hybridized carbons (Fsp3) is 0.714. The highest BCUT2D eigenvalue weighted by Gasteiger charge is 2.59. The predicted octanol–water partition coefficient (Wildman–Crippen LogP) is 4.64. The molecule has 4 aliphatic rings. The monoisotopic (exact) mass is 312 g/mol. The van der Waals surface area contributed by atoms with Crippen LogP contribution in [0.2, 0.25) is 0 Å². The topological polar surface area (TPSA) is 34.1 Å². The van der Waals surface area contributed by atoms with Gasteiger partial charge in [-0.15, -0.1) is 0 Å². The smallest absolute Gasteiger partial charge is 0.159 e. The Morgan fingerprint density at radius 3 is 2.57 bits per heavy atom. The molecule has 0 saturated heterocycles. The molecule has 2 heteroatoms. The molecule has 0 aromatic rings. The SMILES string of the molecule is C/C=C1\C(=O)C[C@@H]2[C@H]3CCC4=CC(=O)CC[C@@]4(C)[C@@H]3CC[C@@]12C. The zero-order chi connectivity index (χ0) is 16.4. The molecular weight excluding hydrogens is 284 g/mol. The third kappa shape index (κ3) is 1.93. The van der Waals surface area contributed by atoms with Crippen LogP contribution < -0.4 is 0 Å². The zero-order valence-corrected chi connectivity index (χ0v) is 14.7. The summed E-state index contributed by atoms with van der Waals surface area (Å²) in [7, 11) is 0. The summed E-state index contributed by atoms with van der Waals surface area (Å²) in [6.45, 7) is 6.77. The first kappa shape index (κ1) is 15.4. The van der Waals surface area contributed by atoms with Gasteiger partial charge in [0.15, 0.2) is 11.6 Å². The first-order chi connectivity index (χ1) is 10.9. The van der Waals surface area contributed by atoms with Gasteiger partial charge in [0.1, 0.15) is 0 Å². The summed E-state index contributed by atoms with van der Waals surface area (Å²) in [4.78, 5) is 24.4. The summed E-state index contributed by atoms with van der Waals surface area (Å²) >= 11 is 0. The number of ketones is 2. The highest BCUT2D eigenvalue weighted by Crippen LogP contribution is 2.65. The predicted molar refractivity (Wildman–Crippen MR) is 90.9 cm³/mol. The van der Waals surface area contributed by atoms with Crippen molar-refractivity contribution >= 4 is 11.6 Å². The molecule has 0 unspecified atom stereocenters. The van der Waals surface area contributed by atoms with Crippen molar-refractivity contribution in [2.75, 3.05) is 0 Å². The fourth-order valence-corrected chi connectivity index (χ4v) is 6.71. The molecule has 0 spiro atoms. The van der Waals surface area contributed by atoms with E-state index >= 15 is 0 Å². The number of carbonyl (C=O) groups excluding carboxylic acids is 2. The maximum absolute atomic E-state index is 12.5. The van der Waals surface area contributed by atoms with E-state index < -0.39 is 0 Å². The highest BCUT2D eigenvalue weighted by atomic mass is 16.1. The number of Topliss-reactive ketones (excluding diaryl/α,β-unsaturated/α-hetero) is 1. The third-order valence-corrected chi connectivity index (χ3v) is 7.96. The number of hydrogen-bond donors (Lipinski definition) is 0. The Labute approximate surface area is 139 Å². The molecule has 0 bridgehead atoms. The molecule has 2 nitrogen and oxygen atoms in total. The Balaban J connectivity index is 1.72. The number of carbonyl (C=O) groups is 2. The minimum atomic E-state index is 0.106. The van der Waals surface area contributed by atoms with Gasteiger partial charge < -0.3 is 0 Å². The van der Waals surface area contributed by atoms with Crippen molar-refractivity contribution < 1.29 is 9.59 Å². The summed E-state index contributed by atoms with van der Waals surface area (Å²) in [5.74, 6) is 2.56. The van der Waals surface area contributed by atoms with Gasteiger partial charge in [-0.3, -0.25) is 9.59 Å². The van der Waals surface area contributed by atoms with Crippen LogP contribution in [0.1, 0.15) is 65.7 Å². The van der Waals surface area contributed by atoms with Crippen LogP contribution in [-0.2, 0) is 9.59 Å². The minimum absolute atomic E-state index is 0.106. The lowest BCUT2D eigenvalue weighted by molar-refractivity contribution is -0.117. The second-order valence-electron chi connectivity index (χ2n) is 8.75. The van der Waals surface area contributed by atoms with Crippen LogP contribution in [0, 0.1) is 28.6 Å². The van der Waals surface area contributed by atoms with Gasteiger partial charge >= 0.3 is 0 Å². The second-order valence-corrected chi connectivity index (χ2v) is 8.75. The van der Waals surface area contributed by atoms with Gasteiger partial charge in [0.2, 0.25) is 0 Å². The summed E-state index contributed by atoms with van der Waals surface area (Å²) in [5, 5.41) is 0. The molecule has 5 atom stereocenters. The Kier molecular flexibility index (Phi) is 3.28. The first-order valence-electron chi connectivity index (χ1n) is 9.34. The summed E-state index contributed by atoms with van der Waals surface area (Å²) < 4.78 is 0. The van der Waals surface area contributed by atoms with Crippen molar-refractivity contribution in [3.05, 3.63) is 23.3 Å². The maximum Gasteiger partial charge on any atom is 0.159 e. The lowest BCUT2D eigenvalue weighted by Gasteiger charge is -2.57. The van der Waals surface area contributed by atoms with Crippen LogP contribution in [0.4, 0.5) is 0 Å². The number of fused-ring (bicyclic) bond motifs is 5. The van der Waals surface area contributed by atoms with E-state index in [1.807, 2.05) is 13.0 Å². The molecule has 0 heterocycles. The molecule has 124 valence electrons. The van der Waals surface area contributed by atoms with Crippen molar-refractivity contribution in [3.8, 4) is 0 Å².